The van der Waals surface area contributed by atoms with Crippen LogP contribution in [-0.2, 0) is 7.05 Å². The summed E-state index contributed by atoms with van der Waals surface area (Å²) in [7, 11) is 1.38. The van der Waals surface area contributed by atoms with Gasteiger partial charge in [0.15, 0.2) is 0 Å². The fourth-order valence-electron chi connectivity index (χ4n) is 1.27. The Hall–Kier alpha value is -1.59. The molecule has 1 heterocycles. The third-order valence-electron chi connectivity index (χ3n) is 2.04. The largest absolute Gasteiger partial charge is 0.425 e. The van der Waals surface area contributed by atoms with Gasteiger partial charge in [0.25, 0.3) is 0 Å². The van der Waals surface area contributed by atoms with Crippen LogP contribution in [0.25, 0.3) is 0 Å². The molecule has 0 fully saturated rings. The van der Waals surface area contributed by atoms with Crippen molar-refractivity contribution in [3.8, 4) is 0 Å². The lowest BCUT2D eigenvalue weighted by Gasteiger charge is -2.10. The standard InChI is InChI=1S/C10H17N3O3/c1-6(2)11-8-13(7(3)4)9(14)12(5)10(15)16-8/h6-7H,1-5H3/b11-8+. The molecule has 0 aromatic carbocycles. The normalized spacial score (nSPS) is 12.8. The molecule has 90 valence electrons. The summed E-state index contributed by atoms with van der Waals surface area (Å²) in [4.78, 5) is 27.3. The predicted molar refractivity (Wildman–Crippen MR) is 59.3 cm³/mol. The molecule has 0 amide bonds. The molecule has 0 radical (unpaired) electrons. The predicted octanol–water partition coefficient (Wildman–Crippen LogP) is 0.0300. The van der Waals surface area contributed by atoms with Gasteiger partial charge < -0.3 is 4.42 Å². The van der Waals surface area contributed by atoms with Crippen LogP contribution in [0.4, 0.5) is 0 Å². The molecule has 0 saturated carbocycles. The zero-order valence-corrected chi connectivity index (χ0v) is 10.2. The van der Waals surface area contributed by atoms with Crippen molar-refractivity contribution in [1.82, 2.24) is 9.13 Å². The van der Waals surface area contributed by atoms with Gasteiger partial charge in [-0.2, -0.15) is 0 Å². The maximum absolute atomic E-state index is 11.8. The van der Waals surface area contributed by atoms with Crippen LogP contribution in [0.5, 0.6) is 0 Å². The molecule has 16 heavy (non-hydrogen) atoms. The van der Waals surface area contributed by atoms with E-state index in [0.29, 0.717) is 0 Å². The number of rotatable bonds is 2. The lowest BCUT2D eigenvalue weighted by Crippen LogP contribution is -2.46. The van der Waals surface area contributed by atoms with E-state index in [1.165, 1.54) is 11.6 Å². The maximum atomic E-state index is 11.8. The molecule has 0 aliphatic rings. The van der Waals surface area contributed by atoms with Crippen LogP contribution in [0.1, 0.15) is 33.7 Å². The van der Waals surface area contributed by atoms with Crippen LogP contribution in [0.3, 0.4) is 0 Å². The van der Waals surface area contributed by atoms with E-state index in [1.807, 2.05) is 27.7 Å². The lowest BCUT2D eigenvalue weighted by atomic mass is 10.4. The quantitative estimate of drug-likeness (QED) is 0.715. The lowest BCUT2D eigenvalue weighted by molar-refractivity contribution is 0.303. The molecular formula is C10H17N3O3. The van der Waals surface area contributed by atoms with Crippen molar-refractivity contribution < 1.29 is 4.42 Å². The molecule has 1 rings (SSSR count). The molecular weight excluding hydrogens is 210 g/mol. The van der Waals surface area contributed by atoms with Gasteiger partial charge in [0.2, 0.25) is 0 Å². The highest BCUT2D eigenvalue weighted by Crippen LogP contribution is 1.93. The Balaban J connectivity index is 3.75. The molecule has 0 saturated heterocycles. The second-order valence-electron chi connectivity index (χ2n) is 4.18. The summed E-state index contributed by atoms with van der Waals surface area (Å²) in [5, 5.41) is 0. The second-order valence-corrected chi connectivity index (χ2v) is 4.18. The van der Waals surface area contributed by atoms with Gasteiger partial charge in [0.05, 0.1) is 0 Å². The van der Waals surface area contributed by atoms with Gasteiger partial charge in [-0.25, -0.2) is 23.7 Å². The fraction of sp³-hybridized carbons (Fsp3) is 0.700. The topological polar surface area (TPSA) is 69.5 Å². The molecule has 6 nitrogen and oxygen atoms in total. The fourth-order valence-corrected chi connectivity index (χ4v) is 1.27. The summed E-state index contributed by atoms with van der Waals surface area (Å²) in [6, 6.07) is -0.152. The van der Waals surface area contributed by atoms with Crippen molar-refractivity contribution in [2.75, 3.05) is 0 Å². The van der Waals surface area contributed by atoms with Gasteiger partial charge in [0.1, 0.15) is 0 Å². The highest BCUT2D eigenvalue weighted by atomic mass is 16.4. The van der Waals surface area contributed by atoms with Crippen LogP contribution in [0.15, 0.2) is 19.0 Å². The summed E-state index contributed by atoms with van der Waals surface area (Å²) in [5.41, 5.74) is -0.330. The van der Waals surface area contributed by atoms with Gasteiger partial charge in [-0.05, 0) is 27.7 Å². The Morgan fingerprint density at radius 1 is 1.19 bits per heavy atom. The first-order chi connectivity index (χ1) is 7.34. The van der Waals surface area contributed by atoms with E-state index in [9.17, 15) is 9.59 Å². The molecule has 1 aromatic heterocycles. The van der Waals surface area contributed by atoms with Gasteiger partial charge in [-0.1, -0.05) is 0 Å². The summed E-state index contributed by atoms with van der Waals surface area (Å²) in [6.07, 6.45) is 0. The Labute approximate surface area is 92.9 Å². The Morgan fingerprint density at radius 3 is 2.19 bits per heavy atom. The zero-order valence-electron chi connectivity index (χ0n) is 10.2. The summed E-state index contributed by atoms with van der Waals surface area (Å²) >= 11 is 0. The number of nitrogens with zero attached hydrogens (tertiary/aromatic N) is 3. The Morgan fingerprint density at radius 2 is 1.75 bits per heavy atom. The molecule has 6 heteroatoms. The molecule has 0 bridgehead atoms. The minimum atomic E-state index is -0.693. The zero-order chi connectivity index (χ0) is 12.5. The smallest absolute Gasteiger partial charge is 0.375 e. The highest BCUT2D eigenvalue weighted by molar-refractivity contribution is 4.72. The average Bonchev–Trinajstić information content (AvgIpc) is 2.12. The van der Waals surface area contributed by atoms with E-state index in [4.69, 9.17) is 4.42 Å². The second kappa shape index (κ2) is 4.51. The number of aromatic nitrogens is 2. The summed E-state index contributed by atoms with van der Waals surface area (Å²) in [5.74, 6) is -0.693. The first-order valence-corrected chi connectivity index (χ1v) is 5.21. The summed E-state index contributed by atoms with van der Waals surface area (Å²) in [6.45, 7) is 7.37. The van der Waals surface area contributed by atoms with Crippen LogP contribution in [0.2, 0.25) is 0 Å². The average molecular weight is 227 g/mol. The number of hydrogen-bond donors (Lipinski definition) is 0. The van der Waals surface area contributed by atoms with E-state index in [0.717, 1.165) is 4.57 Å². The Bertz CT molecular complexity index is 546. The van der Waals surface area contributed by atoms with Gasteiger partial charge in [-0.15, -0.1) is 0 Å². The van der Waals surface area contributed by atoms with Gasteiger partial charge in [0, 0.05) is 19.1 Å². The highest BCUT2D eigenvalue weighted by Gasteiger charge is 2.10. The third kappa shape index (κ3) is 2.32. The minimum absolute atomic E-state index is 0.0414. The molecule has 0 aliphatic heterocycles. The number of hydrogen-bond acceptors (Lipinski definition) is 4. The van der Waals surface area contributed by atoms with Crippen LogP contribution in [0, 0.1) is 0 Å². The maximum Gasteiger partial charge on any atom is 0.425 e. The first kappa shape index (κ1) is 12.5. The molecule has 1 aromatic rings. The minimum Gasteiger partial charge on any atom is -0.375 e. The monoisotopic (exact) mass is 227 g/mol. The molecule has 0 atom stereocenters. The van der Waals surface area contributed by atoms with Crippen molar-refractivity contribution >= 4 is 0 Å². The van der Waals surface area contributed by atoms with Crippen molar-refractivity contribution in [3.05, 3.63) is 26.7 Å². The molecule has 0 unspecified atom stereocenters. The van der Waals surface area contributed by atoms with Gasteiger partial charge >= 0.3 is 17.1 Å². The van der Waals surface area contributed by atoms with Crippen molar-refractivity contribution in [3.63, 3.8) is 0 Å². The van der Waals surface area contributed by atoms with E-state index in [2.05, 4.69) is 4.99 Å². The van der Waals surface area contributed by atoms with E-state index in [1.54, 1.807) is 0 Å². The summed E-state index contributed by atoms with van der Waals surface area (Å²) < 4.78 is 7.29. The van der Waals surface area contributed by atoms with Crippen molar-refractivity contribution in [2.45, 2.75) is 39.8 Å². The van der Waals surface area contributed by atoms with Crippen LogP contribution >= 0.6 is 0 Å². The van der Waals surface area contributed by atoms with E-state index < -0.39 is 11.4 Å². The SMILES string of the molecule is CC(C)/N=c1/oc(=O)n(C)c(=O)n1C(C)C. The van der Waals surface area contributed by atoms with E-state index >= 15 is 0 Å². The molecule has 0 spiro atoms. The van der Waals surface area contributed by atoms with Gasteiger partial charge in [-0.3, -0.25) is 0 Å². The van der Waals surface area contributed by atoms with E-state index in [-0.39, 0.29) is 17.8 Å². The van der Waals surface area contributed by atoms with Crippen molar-refractivity contribution in [2.24, 2.45) is 12.0 Å². The molecule has 0 aliphatic carbocycles. The van der Waals surface area contributed by atoms with Crippen LogP contribution in [-0.4, -0.2) is 15.2 Å². The Kier molecular flexibility index (Phi) is 3.51. The third-order valence-corrected chi connectivity index (χ3v) is 2.04. The van der Waals surface area contributed by atoms with Crippen LogP contribution < -0.4 is 17.1 Å². The van der Waals surface area contributed by atoms with Crippen molar-refractivity contribution in [1.29, 1.82) is 0 Å². The molecule has 0 N–H and O–H groups in total. The first-order valence-electron chi connectivity index (χ1n) is 5.21.